The molecule has 1 atom stereocenters. The van der Waals surface area contributed by atoms with Gasteiger partial charge >= 0.3 is 0 Å². The Balaban J connectivity index is 1.88. The number of Topliss-reactive ketones (excluding diaryl/α,β-unsaturated/α-hetero) is 1. The van der Waals surface area contributed by atoms with Crippen molar-refractivity contribution in [1.82, 2.24) is 0 Å². The van der Waals surface area contributed by atoms with E-state index in [0.717, 1.165) is 17.5 Å². The third kappa shape index (κ3) is 6.00. The molecule has 3 aromatic carbocycles. The van der Waals surface area contributed by atoms with E-state index < -0.39 is 17.7 Å². The number of aliphatic hydroxyl groups excluding tert-OH is 1. The summed E-state index contributed by atoms with van der Waals surface area (Å²) in [6, 6.07) is 21.1. The first-order chi connectivity index (χ1) is 18.5. The van der Waals surface area contributed by atoms with E-state index in [9.17, 15) is 14.7 Å². The van der Waals surface area contributed by atoms with E-state index in [1.807, 2.05) is 51.1 Å². The standard InChI is InChI=1S/C33H37NO5/c1-7-18-38-26-12-9-11-25(20-26)34-29(22-14-16-24(17-15-22)33(4,5)6)28(31(36)32(34)37)30(35)23-10-8-13-27(19-23)39-21(2)3/h8-17,19-21,29,35H,7,18H2,1-6H3/b30-28+. The van der Waals surface area contributed by atoms with Gasteiger partial charge in [0, 0.05) is 17.3 Å². The molecule has 39 heavy (non-hydrogen) atoms. The molecular weight excluding hydrogens is 490 g/mol. The molecule has 1 unspecified atom stereocenters. The third-order valence-electron chi connectivity index (χ3n) is 6.58. The van der Waals surface area contributed by atoms with Crippen molar-refractivity contribution >= 4 is 23.1 Å². The van der Waals surface area contributed by atoms with Crippen molar-refractivity contribution in [3.8, 4) is 11.5 Å². The van der Waals surface area contributed by atoms with Crippen molar-refractivity contribution in [2.45, 2.75) is 65.5 Å². The van der Waals surface area contributed by atoms with Crippen LogP contribution in [0.15, 0.2) is 78.4 Å². The van der Waals surface area contributed by atoms with Crippen LogP contribution in [0.1, 0.15) is 70.7 Å². The molecule has 3 aromatic rings. The van der Waals surface area contributed by atoms with E-state index in [1.165, 1.54) is 4.90 Å². The van der Waals surface area contributed by atoms with Crippen molar-refractivity contribution in [2.24, 2.45) is 0 Å². The topological polar surface area (TPSA) is 76.1 Å². The lowest BCUT2D eigenvalue weighted by molar-refractivity contribution is -0.132. The molecule has 1 fully saturated rings. The Hall–Kier alpha value is -4.06. The first-order valence-corrected chi connectivity index (χ1v) is 13.4. The molecular formula is C33H37NO5. The molecule has 0 aromatic heterocycles. The highest BCUT2D eigenvalue weighted by Crippen LogP contribution is 2.43. The summed E-state index contributed by atoms with van der Waals surface area (Å²) in [4.78, 5) is 28.6. The molecule has 0 aliphatic carbocycles. The normalized spacial score (nSPS) is 17.1. The molecule has 1 amide bonds. The molecule has 0 radical (unpaired) electrons. The van der Waals surface area contributed by atoms with Crippen molar-refractivity contribution in [2.75, 3.05) is 11.5 Å². The van der Waals surface area contributed by atoms with Gasteiger partial charge in [-0.05, 0) is 61.1 Å². The number of ketones is 1. The van der Waals surface area contributed by atoms with Gasteiger partial charge in [-0.25, -0.2) is 0 Å². The van der Waals surface area contributed by atoms with Crippen LogP contribution in [0.4, 0.5) is 5.69 Å². The van der Waals surface area contributed by atoms with Crippen molar-refractivity contribution in [3.63, 3.8) is 0 Å². The minimum atomic E-state index is -0.824. The van der Waals surface area contributed by atoms with Gasteiger partial charge in [0.05, 0.1) is 24.3 Å². The highest BCUT2D eigenvalue weighted by Gasteiger charge is 2.47. The number of carbonyl (C=O) groups excluding carboxylic acids is 2. The summed E-state index contributed by atoms with van der Waals surface area (Å²) in [6.07, 6.45) is 0.783. The van der Waals surface area contributed by atoms with Crippen LogP contribution in [-0.2, 0) is 15.0 Å². The molecule has 6 nitrogen and oxygen atoms in total. The van der Waals surface area contributed by atoms with E-state index in [-0.39, 0.29) is 22.9 Å². The summed E-state index contributed by atoms with van der Waals surface area (Å²) in [6.45, 7) is 12.8. The number of hydrogen-bond acceptors (Lipinski definition) is 5. The first kappa shape index (κ1) is 28.0. The van der Waals surface area contributed by atoms with Gasteiger partial charge < -0.3 is 14.6 Å². The lowest BCUT2D eigenvalue weighted by Crippen LogP contribution is -2.29. The van der Waals surface area contributed by atoms with Crippen LogP contribution in [0.25, 0.3) is 5.76 Å². The van der Waals surface area contributed by atoms with Gasteiger partial charge in [-0.15, -0.1) is 0 Å². The van der Waals surface area contributed by atoms with Gasteiger partial charge in [-0.2, -0.15) is 0 Å². The smallest absolute Gasteiger partial charge is 0.300 e. The van der Waals surface area contributed by atoms with Crippen LogP contribution in [0.3, 0.4) is 0 Å². The molecule has 1 aliphatic rings. The van der Waals surface area contributed by atoms with Crippen LogP contribution in [0.2, 0.25) is 0 Å². The maximum Gasteiger partial charge on any atom is 0.300 e. The van der Waals surface area contributed by atoms with Crippen LogP contribution in [0.5, 0.6) is 11.5 Å². The highest BCUT2D eigenvalue weighted by atomic mass is 16.5. The van der Waals surface area contributed by atoms with E-state index in [0.29, 0.717) is 29.4 Å². The second kappa shape index (κ2) is 11.4. The molecule has 4 rings (SSSR count). The quantitative estimate of drug-likeness (QED) is 0.191. The van der Waals surface area contributed by atoms with Crippen molar-refractivity contribution in [1.29, 1.82) is 0 Å². The number of aliphatic hydroxyl groups is 1. The van der Waals surface area contributed by atoms with Gasteiger partial charge in [0.2, 0.25) is 0 Å². The number of carbonyl (C=O) groups is 2. The average Bonchev–Trinajstić information content (AvgIpc) is 3.16. The van der Waals surface area contributed by atoms with Gasteiger partial charge in [-0.1, -0.05) is 70.2 Å². The summed E-state index contributed by atoms with van der Waals surface area (Å²) in [5, 5.41) is 11.5. The molecule has 204 valence electrons. The van der Waals surface area contributed by atoms with Crippen LogP contribution < -0.4 is 14.4 Å². The number of amides is 1. The molecule has 0 saturated carbocycles. The SMILES string of the molecule is CCCOc1cccc(N2C(=O)C(=O)/C(=C(/O)c3cccc(OC(C)C)c3)C2c2ccc(C(C)(C)C)cc2)c1. The number of rotatable bonds is 8. The number of nitrogens with zero attached hydrogens (tertiary/aromatic N) is 1. The maximum atomic E-state index is 13.6. The Kier molecular flexibility index (Phi) is 8.14. The number of hydrogen-bond donors (Lipinski definition) is 1. The molecule has 0 spiro atoms. The van der Waals surface area contributed by atoms with E-state index in [1.54, 1.807) is 42.5 Å². The predicted octanol–water partition coefficient (Wildman–Crippen LogP) is 7.19. The summed E-state index contributed by atoms with van der Waals surface area (Å²) in [5.41, 5.74) is 2.73. The summed E-state index contributed by atoms with van der Waals surface area (Å²) < 4.78 is 11.6. The van der Waals surface area contributed by atoms with Crippen molar-refractivity contribution in [3.05, 3.63) is 95.1 Å². The van der Waals surface area contributed by atoms with E-state index in [4.69, 9.17) is 9.47 Å². The molecule has 0 bridgehead atoms. The Labute approximate surface area is 230 Å². The highest BCUT2D eigenvalue weighted by molar-refractivity contribution is 6.51. The summed E-state index contributed by atoms with van der Waals surface area (Å²) in [5.74, 6) is -0.517. The molecule has 1 heterocycles. The summed E-state index contributed by atoms with van der Waals surface area (Å²) in [7, 11) is 0. The Bertz CT molecular complexity index is 1380. The largest absolute Gasteiger partial charge is 0.507 e. The Morgan fingerprint density at radius 1 is 0.949 bits per heavy atom. The first-order valence-electron chi connectivity index (χ1n) is 13.4. The fraction of sp³-hybridized carbons (Fsp3) is 0.333. The fourth-order valence-corrected chi connectivity index (χ4v) is 4.67. The average molecular weight is 528 g/mol. The monoisotopic (exact) mass is 527 g/mol. The number of anilines is 1. The zero-order chi connectivity index (χ0) is 28.3. The fourth-order valence-electron chi connectivity index (χ4n) is 4.67. The van der Waals surface area contributed by atoms with Gasteiger partial charge in [0.1, 0.15) is 17.3 Å². The molecule has 1 saturated heterocycles. The number of ether oxygens (including phenoxy) is 2. The Morgan fingerprint density at radius 3 is 2.26 bits per heavy atom. The lowest BCUT2D eigenvalue weighted by atomic mass is 9.85. The molecule has 1 N–H and O–H groups in total. The zero-order valence-electron chi connectivity index (χ0n) is 23.5. The van der Waals surface area contributed by atoms with Crippen LogP contribution >= 0.6 is 0 Å². The maximum absolute atomic E-state index is 13.6. The third-order valence-corrected chi connectivity index (χ3v) is 6.58. The molecule has 1 aliphatic heterocycles. The Morgan fingerprint density at radius 2 is 1.62 bits per heavy atom. The van der Waals surface area contributed by atoms with Crippen molar-refractivity contribution < 1.29 is 24.2 Å². The second-order valence-electron chi connectivity index (χ2n) is 11.1. The lowest BCUT2D eigenvalue weighted by Gasteiger charge is -2.27. The second-order valence-corrected chi connectivity index (χ2v) is 11.1. The van der Waals surface area contributed by atoms with E-state index >= 15 is 0 Å². The summed E-state index contributed by atoms with van der Waals surface area (Å²) >= 11 is 0. The van der Waals surface area contributed by atoms with Crippen LogP contribution in [0, 0.1) is 0 Å². The predicted molar refractivity (Wildman–Crippen MR) is 154 cm³/mol. The zero-order valence-corrected chi connectivity index (χ0v) is 23.5. The molecule has 6 heteroatoms. The van der Waals surface area contributed by atoms with Crippen LogP contribution in [-0.4, -0.2) is 29.5 Å². The minimum absolute atomic E-state index is 0.0325. The van der Waals surface area contributed by atoms with Gasteiger partial charge in [-0.3, -0.25) is 14.5 Å². The van der Waals surface area contributed by atoms with Gasteiger partial charge in [0.25, 0.3) is 11.7 Å². The minimum Gasteiger partial charge on any atom is -0.507 e. The van der Waals surface area contributed by atoms with Gasteiger partial charge in [0.15, 0.2) is 0 Å². The number of benzene rings is 3. The van der Waals surface area contributed by atoms with E-state index in [2.05, 4.69) is 20.8 Å².